The molecule has 11 heavy (non-hydrogen) atoms. The topological polar surface area (TPSA) is 26.0 Å². The van der Waals surface area contributed by atoms with Crippen LogP contribution in [0.1, 0.15) is 32.6 Å². The van der Waals surface area contributed by atoms with E-state index in [9.17, 15) is 4.39 Å². The molecule has 0 amide bonds. The number of rotatable bonds is 1. The fraction of sp³-hybridized carbons (Fsp3) is 1.00. The first kappa shape index (κ1) is 7.53. The quantitative estimate of drug-likeness (QED) is 0.617. The second-order valence-electron chi connectivity index (χ2n) is 4.25. The molecular weight excluding hydrogens is 141 g/mol. The summed E-state index contributed by atoms with van der Waals surface area (Å²) in [7, 11) is 0. The minimum Gasteiger partial charge on any atom is -0.327 e. The van der Waals surface area contributed by atoms with Crippen molar-refractivity contribution in [2.45, 2.75) is 44.3 Å². The van der Waals surface area contributed by atoms with Gasteiger partial charge < -0.3 is 5.73 Å². The maximum atomic E-state index is 13.7. The zero-order valence-electron chi connectivity index (χ0n) is 7.02. The van der Waals surface area contributed by atoms with Crippen LogP contribution in [0.2, 0.25) is 0 Å². The van der Waals surface area contributed by atoms with Crippen molar-refractivity contribution in [3.8, 4) is 0 Å². The van der Waals surface area contributed by atoms with Gasteiger partial charge in [0.05, 0.1) is 0 Å². The summed E-state index contributed by atoms with van der Waals surface area (Å²) in [6, 6.07) is 0.324. The van der Waals surface area contributed by atoms with Crippen molar-refractivity contribution in [2.24, 2.45) is 17.6 Å². The molecule has 3 aliphatic carbocycles. The Kier molecular flexibility index (Phi) is 1.50. The zero-order valence-corrected chi connectivity index (χ0v) is 7.02. The van der Waals surface area contributed by atoms with Crippen LogP contribution < -0.4 is 5.73 Å². The number of hydrogen-bond acceptors (Lipinski definition) is 1. The van der Waals surface area contributed by atoms with E-state index in [1.807, 2.05) is 6.92 Å². The third-order valence-corrected chi connectivity index (χ3v) is 3.58. The Balaban J connectivity index is 2.04. The monoisotopic (exact) mass is 157 g/mol. The van der Waals surface area contributed by atoms with Crippen LogP contribution in [-0.4, -0.2) is 11.7 Å². The Morgan fingerprint density at radius 3 is 2.36 bits per heavy atom. The molecule has 0 spiro atoms. The largest absolute Gasteiger partial charge is 0.327 e. The van der Waals surface area contributed by atoms with Crippen LogP contribution in [0.4, 0.5) is 4.39 Å². The summed E-state index contributed by atoms with van der Waals surface area (Å²) in [5.74, 6) is 0.998. The molecule has 3 unspecified atom stereocenters. The lowest BCUT2D eigenvalue weighted by Crippen LogP contribution is -2.57. The van der Waals surface area contributed by atoms with Gasteiger partial charge in [-0.15, -0.1) is 0 Å². The number of fused-ring (bicyclic) bond motifs is 2. The van der Waals surface area contributed by atoms with Crippen molar-refractivity contribution in [3.63, 3.8) is 0 Å². The fourth-order valence-electron chi connectivity index (χ4n) is 2.64. The average Bonchev–Trinajstić information content (AvgIpc) is 2.04. The Hall–Kier alpha value is -0.110. The smallest absolute Gasteiger partial charge is 0.111 e. The third kappa shape index (κ3) is 0.994. The molecule has 3 aliphatic rings. The van der Waals surface area contributed by atoms with E-state index in [-0.39, 0.29) is 0 Å². The molecular formula is C9H16FN. The summed E-state index contributed by atoms with van der Waals surface area (Å²) in [4.78, 5) is 0. The Morgan fingerprint density at radius 1 is 1.45 bits per heavy atom. The Labute approximate surface area is 67.2 Å². The highest BCUT2D eigenvalue weighted by molar-refractivity contribution is 5.04. The first-order chi connectivity index (χ1) is 5.14. The highest BCUT2D eigenvalue weighted by Crippen LogP contribution is 2.51. The van der Waals surface area contributed by atoms with E-state index < -0.39 is 5.67 Å². The molecule has 3 saturated carbocycles. The predicted octanol–water partition coefficient (Wildman–Crippen LogP) is 1.86. The van der Waals surface area contributed by atoms with Crippen LogP contribution in [0.3, 0.4) is 0 Å². The van der Waals surface area contributed by atoms with E-state index in [4.69, 9.17) is 5.73 Å². The standard InChI is InChI=1S/C9H16FN/c1-2-9(10)4-6-3-7(5-9)8(6)11/h6-8H,2-5,11H2,1H3/t6-,7?,8?,9?/m1/s1. The molecule has 64 valence electrons. The van der Waals surface area contributed by atoms with Crippen LogP contribution in [0.15, 0.2) is 0 Å². The highest BCUT2D eigenvalue weighted by atomic mass is 19.1. The van der Waals surface area contributed by atoms with Gasteiger partial charge in [0.1, 0.15) is 5.67 Å². The molecule has 2 heteroatoms. The molecule has 4 atom stereocenters. The van der Waals surface area contributed by atoms with E-state index in [0.29, 0.717) is 24.3 Å². The summed E-state index contributed by atoms with van der Waals surface area (Å²) >= 11 is 0. The first-order valence-electron chi connectivity index (χ1n) is 4.59. The molecule has 2 N–H and O–H groups in total. The summed E-state index contributed by atoms with van der Waals surface area (Å²) in [6.07, 6.45) is 3.31. The SMILES string of the molecule is CCC1(F)CC2C[C@H](C1)C2N. The van der Waals surface area contributed by atoms with Crippen molar-refractivity contribution in [3.05, 3.63) is 0 Å². The van der Waals surface area contributed by atoms with Crippen LogP contribution in [-0.2, 0) is 0 Å². The summed E-state index contributed by atoms with van der Waals surface area (Å²) < 4.78 is 13.7. The molecule has 0 aromatic rings. The molecule has 0 aromatic carbocycles. The van der Waals surface area contributed by atoms with Crippen molar-refractivity contribution >= 4 is 0 Å². The Bertz CT molecular complexity index is 157. The van der Waals surface area contributed by atoms with Gasteiger partial charge in [-0.25, -0.2) is 4.39 Å². The number of halogens is 1. The molecule has 3 rings (SSSR count). The number of alkyl halides is 1. The minimum atomic E-state index is -0.858. The van der Waals surface area contributed by atoms with Gasteiger partial charge in [0.15, 0.2) is 0 Å². The van der Waals surface area contributed by atoms with Crippen molar-refractivity contribution < 1.29 is 4.39 Å². The van der Waals surface area contributed by atoms with Gasteiger partial charge in [-0.2, -0.15) is 0 Å². The molecule has 0 saturated heterocycles. The molecule has 0 aliphatic heterocycles. The lowest BCUT2D eigenvalue weighted by molar-refractivity contribution is -0.0486. The Morgan fingerprint density at radius 2 is 2.00 bits per heavy atom. The van der Waals surface area contributed by atoms with Crippen LogP contribution in [0.25, 0.3) is 0 Å². The fourth-order valence-corrected chi connectivity index (χ4v) is 2.64. The highest BCUT2D eigenvalue weighted by Gasteiger charge is 2.51. The summed E-state index contributed by atoms with van der Waals surface area (Å²) in [6.45, 7) is 1.94. The maximum absolute atomic E-state index is 13.7. The predicted molar refractivity (Wildman–Crippen MR) is 42.9 cm³/mol. The normalized spacial score (nSPS) is 55.4. The van der Waals surface area contributed by atoms with E-state index in [1.54, 1.807) is 0 Å². The summed E-state index contributed by atoms with van der Waals surface area (Å²) in [5.41, 5.74) is 4.98. The van der Waals surface area contributed by atoms with Crippen molar-refractivity contribution in [1.29, 1.82) is 0 Å². The number of hydrogen-bond donors (Lipinski definition) is 1. The van der Waals surface area contributed by atoms with Crippen molar-refractivity contribution in [1.82, 2.24) is 0 Å². The van der Waals surface area contributed by atoms with Gasteiger partial charge in [0, 0.05) is 6.04 Å². The van der Waals surface area contributed by atoms with Crippen LogP contribution >= 0.6 is 0 Å². The van der Waals surface area contributed by atoms with Crippen LogP contribution in [0, 0.1) is 11.8 Å². The van der Waals surface area contributed by atoms with Crippen molar-refractivity contribution in [2.75, 3.05) is 0 Å². The molecule has 0 aromatic heterocycles. The maximum Gasteiger partial charge on any atom is 0.111 e. The second-order valence-corrected chi connectivity index (χ2v) is 4.25. The lowest BCUT2D eigenvalue weighted by Gasteiger charge is -2.53. The molecule has 1 nitrogen and oxygen atoms in total. The molecule has 3 fully saturated rings. The first-order valence-corrected chi connectivity index (χ1v) is 4.59. The van der Waals surface area contributed by atoms with Gasteiger partial charge in [-0.1, -0.05) is 6.92 Å². The minimum absolute atomic E-state index is 0.324. The third-order valence-electron chi connectivity index (χ3n) is 3.58. The van der Waals surface area contributed by atoms with E-state index >= 15 is 0 Å². The second kappa shape index (κ2) is 2.19. The van der Waals surface area contributed by atoms with Crippen LogP contribution in [0.5, 0.6) is 0 Å². The molecule has 0 radical (unpaired) electrons. The lowest BCUT2D eigenvalue weighted by atomic mass is 9.56. The average molecular weight is 157 g/mol. The molecule has 2 bridgehead atoms. The van der Waals surface area contributed by atoms with E-state index in [1.165, 1.54) is 6.42 Å². The van der Waals surface area contributed by atoms with Gasteiger partial charge >= 0.3 is 0 Å². The van der Waals surface area contributed by atoms with Gasteiger partial charge in [-0.3, -0.25) is 0 Å². The van der Waals surface area contributed by atoms with Gasteiger partial charge in [0.2, 0.25) is 0 Å². The van der Waals surface area contributed by atoms with Gasteiger partial charge in [-0.05, 0) is 37.5 Å². The molecule has 0 heterocycles. The van der Waals surface area contributed by atoms with Gasteiger partial charge in [0.25, 0.3) is 0 Å². The summed E-state index contributed by atoms with van der Waals surface area (Å²) in [5, 5.41) is 0. The van der Waals surface area contributed by atoms with E-state index in [2.05, 4.69) is 0 Å². The zero-order chi connectivity index (χ0) is 8.06. The number of nitrogens with two attached hydrogens (primary N) is 1. The van der Waals surface area contributed by atoms with E-state index in [0.717, 1.165) is 12.8 Å².